The van der Waals surface area contributed by atoms with Gasteiger partial charge in [0.05, 0.1) is 5.02 Å². The Kier molecular flexibility index (Phi) is 4.17. The van der Waals surface area contributed by atoms with Gasteiger partial charge in [-0.25, -0.2) is 9.37 Å². The van der Waals surface area contributed by atoms with E-state index in [1.165, 1.54) is 11.6 Å². The van der Waals surface area contributed by atoms with Crippen molar-refractivity contribution < 1.29 is 8.81 Å². The van der Waals surface area contributed by atoms with E-state index in [1.807, 2.05) is 35.7 Å². The molecule has 0 saturated heterocycles. The minimum atomic E-state index is -0.454. The number of hydrogen-bond donors (Lipinski definition) is 1. The van der Waals surface area contributed by atoms with Crippen molar-refractivity contribution in [2.45, 2.75) is 20.3 Å². The first-order valence-electron chi connectivity index (χ1n) is 8.35. The van der Waals surface area contributed by atoms with Crippen molar-refractivity contribution in [3.05, 3.63) is 70.8 Å². The van der Waals surface area contributed by atoms with Crippen LogP contribution in [0.15, 0.2) is 53.1 Å². The van der Waals surface area contributed by atoms with Crippen LogP contribution in [0.3, 0.4) is 0 Å². The molecular formula is C20H17ClFN3O. The standard InChI is InChI=1S/C20H17ClFN3O/c1-3-13-8-9-25-18(10-13)24-19(17-7-4-12(2)26-17)20(25)23-14-5-6-16(22)15(21)11-14/h4-11,23H,3H2,1-2H3. The Morgan fingerprint density at radius 3 is 2.73 bits per heavy atom. The number of rotatable bonds is 4. The zero-order valence-corrected chi connectivity index (χ0v) is 15.1. The highest BCUT2D eigenvalue weighted by Crippen LogP contribution is 2.33. The smallest absolute Gasteiger partial charge is 0.156 e. The van der Waals surface area contributed by atoms with Crippen molar-refractivity contribution in [1.29, 1.82) is 0 Å². The van der Waals surface area contributed by atoms with E-state index >= 15 is 0 Å². The monoisotopic (exact) mass is 369 g/mol. The van der Waals surface area contributed by atoms with Crippen LogP contribution in [-0.4, -0.2) is 9.38 Å². The molecule has 4 nitrogen and oxygen atoms in total. The molecule has 26 heavy (non-hydrogen) atoms. The Morgan fingerprint density at radius 2 is 2.04 bits per heavy atom. The Labute approximate surface area is 155 Å². The first-order valence-corrected chi connectivity index (χ1v) is 8.73. The van der Waals surface area contributed by atoms with E-state index in [1.54, 1.807) is 12.1 Å². The number of anilines is 2. The molecule has 0 fully saturated rings. The van der Waals surface area contributed by atoms with Crippen LogP contribution in [-0.2, 0) is 6.42 Å². The Balaban J connectivity index is 1.88. The van der Waals surface area contributed by atoms with Gasteiger partial charge in [0, 0.05) is 11.9 Å². The molecule has 0 atom stereocenters. The zero-order valence-electron chi connectivity index (χ0n) is 14.4. The molecule has 0 aliphatic carbocycles. The van der Waals surface area contributed by atoms with Crippen molar-refractivity contribution in [2.75, 3.05) is 5.32 Å². The second-order valence-electron chi connectivity index (χ2n) is 6.09. The van der Waals surface area contributed by atoms with Gasteiger partial charge in [0.1, 0.15) is 28.7 Å². The predicted molar refractivity (Wildman–Crippen MR) is 102 cm³/mol. The third-order valence-corrected chi connectivity index (χ3v) is 4.54. The maximum Gasteiger partial charge on any atom is 0.156 e. The largest absolute Gasteiger partial charge is 0.460 e. The molecule has 4 aromatic rings. The molecule has 4 rings (SSSR count). The Hall–Kier alpha value is -2.79. The maximum atomic E-state index is 13.5. The molecule has 3 heterocycles. The van der Waals surface area contributed by atoms with Crippen molar-refractivity contribution in [3.63, 3.8) is 0 Å². The number of aromatic nitrogens is 2. The number of pyridine rings is 1. The van der Waals surface area contributed by atoms with Crippen LogP contribution in [0.5, 0.6) is 0 Å². The first-order chi connectivity index (χ1) is 12.5. The van der Waals surface area contributed by atoms with Crippen LogP contribution < -0.4 is 5.32 Å². The average molecular weight is 370 g/mol. The molecule has 0 bridgehead atoms. The number of benzene rings is 1. The summed E-state index contributed by atoms with van der Waals surface area (Å²) in [6, 6.07) is 12.4. The molecule has 0 aliphatic heterocycles. The van der Waals surface area contributed by atoms with Crippen LogP contribution in [0.2, 0.25) is 5.02 Å². The molecule has 132 valence electrons. The summed E-state index contributed by atoms with van der Waals surface area (Å²) in [5, 5.41) is 3.36. The minimum absolute atomic E-state index is 0.0625. The molecule has 0 amide bonds. The van der Waals surface area contributed by atoms with Gasteiger partial charge in [-0.05, 0) is 61.4 Å². The number of imidazole rings is 1. The quantitative estimate of drug-likeness (QED) is 0.479. The summed E-state index contributed by atoms with van der Waals surface area (Å²) in [5.41, 5.74) is 3.36. The van der Waals surface area contributed by atoms with Crippen molar-refractivity contribution in [2.24, 2.45) is 0 Å². The lowest BCUT2D eigenvalue weighted by atomic mass is 10.2. The third kappa shape index (κ3) is 2.95. The summed E-state index contributed by atoms with van der Waals surface area (Å²) < 4.78 is 21.2. The summed E-state index contributed by atoms with van der Waals surface area (Å²) in [4.78, 5) is 4.74. The fraction of sp³-hybridized carbons (Fsp3) is 0.150. The van der Waals surface area contributed by atoms with Gasteiger partial charge >= 0.3 is 0 Å². The molecule has 1 N–H and O–H groups in total. The van der Waals surface area contributed by atoms with E-state index in [0.717, 1.165) is 23.6 Å². The summed E-state index contributed by atoms with van der Waals surface area (Å²) >= 11 is 5.92. The fourth-order valence-electron chi connectivity index (χ4n) is 2.87. The van der Waals surface area contributed by atoms with Crippen LogP contribution in [0.1, 0.15) is 18.2 Å². The van der Waals surface area contributed by atoms with Gasteiger partial charge in [-0.1, -0.05) is 18.5 Å². The molecule has 1 aromatic carbocycles. The topological polar surface area (TPSA) is 42.5 Å². The predicted octanol–water partition coefficient (Wildman–Crippen LogP) is 6.00. The summed E-state index contributed by atoms with van der Waals surface area (Å²) in [5.74, 6) is 1.76. The number of fused-ring (bicyclic) bond motifs is 1. The van der Waals surface area contributed by atoms with Crippen molar-refractivity contribution in [1.82, 2.24) is 9.38 Å². The van der Waals surface area contributed by atoms with E-state index in [-0.39, 0.29) is 5.02 Å². The molecule has 0 spiro atoms. The van der Waals surface area contributed by atoms with Gasteiger partial charge in [-0.15, -0.1) is 0 Å². The lowest BCUT2D eigenvalue weighted by Gasteiger charge is -2.09. The highest BCUT2D eigenvalue weighted by Gasteiger charge is 2.18. The van der Waals surface area contributed by atoms with Crippen LogP contribution in [0.4, 0.5) is 15.9 Å². The third-order valence-electron chi connectivity index (χ3n) is 4.25. The Morgan fingerprint density at radius 1 is 1.19 bits per heavy atom. The molecule has 0 aliphatic rings. The number of furan rings is 1. The second-order valence-corrected chi connectivity index (χ2v) is 6.50. The van der Waals surface area contributed by atoms with E-state index < -0.39 is 5.82 Å². The van der Waals surface area contributed by atoms with Crippen molar-refractivity contribution in [3.8, 4) is 11.5 Å². The Bertz CT molecular complexity index is 1100. The molecule has 3 aromatic heterocycles. The molecule has 0 saturated carbocycles. The minimum Gasteiger partial charge on any atom is -0.460 e. The number of nitrogens with zero attached hydrogens (tertiary/aromatic N) is 2. The van der Waals surface area contributed by atoms with E-state index in [9.17, 15) is 4.39 Å². The molecular weight excluding hydrogens is 353 g/mol. The van der Waals surface area contributed by atoms with Crippen LogP contribution in [0, 0.1) is 12.7 Å². The van der Waals surface area contributed by atoms with E-state index in [4.69, 9.17) is 21.0 Å². The first kappa shape index (κ1) is 16.7. The van der Waals surface area contributed by atoms with Crippen LogP contribution in [0.25, 0.3) is 17.1 Å². The normalized spacial score (nSPS) is 11.2. The molecule has 6 heteroatoms. The highest BCUT2D eigenvalue weighted by molar-refractivity contribution is 6.31. The van der Waals surface area contributed by atoms with Gasteiger partial charge in [-0.3, -0.25) is 4.40 Å². The number of hydrogen-bond acceptors (Lipinski definition) is 3. The fourth-order valence-corrected chi connectivity index (χ4v) is 3.05. The van der Waals surface area contributed by atoms with Gasteiger partial charge < -0.3 is 9.73 Å². The van der Waals surface area contributed by atoms with Gasteiger partial charge in [-0.2, -0.15) is 0 Å². The average Bonchev–Trinajstić information content (AvgIpc) is 3.21. The van der Waals surface area contributed by atoms with Gasteiger partial charge in [0.25, 0.3) is 0 Å². The number of aryl methyl sites for hydroxylation is 2. The summed E-state index contributed by atoms with van der Waals surface area (Å²) in [7, 11) is 0. The lowest BCUT2D eigenvalue weighted by molar-refractivity contribution is 0.547. The SMILES string of the molecule is CCc1ccn2c(Nc3ccc(F)c(Cl)c3)c(-c3ccc(C)o3)nc2c1. The zero-order chi connectivity index (χ0) is 18.3. The maximum absolute atomic E-state index is 13.5. The number of nitrogens with one attached hydrogen (secondary N) is 1. The summed E-state index contributed by atoms with van der Waals surface area (Å²) in [6.07, 6.45) is 2.89. The van der Waals surface area contributed by atoms with Crippen molar-refractivity contribution >= 4 is 28.8 Å². The van der Waals surface area contributed by atoms with E-state index in [2.05, 4.69) is 18.3 Å². The van der Waals surface area contributed by atoms with Gasteiger partial charge in [0.2, 0.25) is 0 Å². The molecule has 0 radical (unpaired) electrons. The van der Waals surface area contributed by atoms with E-state index in [0.29, 0.717) is 17.1 Å². The van der Waals surface area contributed by atoms with Crippen LogP contribution >= 0.6 is 11.6 Å². The number of halogens is 2. The molecule has 0 unspecified atom stereocenters. The van der Waals surface area contributed by atoms with Gasteiger partial charge in [0.15, 0.2) is 5.76 Å². The lowest BCUT2D eigenvalue weighted by Crippen LogP contribution is -1.97. The second kappa shape index (κ2) is 6.50. The summed E-state index contributed by atoms with van der Waals surface area (Å²) in [6.45, 7) is 3.99. The highest BCUT2D eigenvalue weighted by atomic mass is 35.5.